The Hall–Kier alpha value is -1.32. The zero-order valence-corrected chi connectivity index (χ0v) is 24.1. The summed E-state index contributed by atoms with van der Waals surface area (Å²) in [6.07, 6.45) is 12.6. The van der Waals surface area contributed by atoms with Crippen molar-refractivity contribution in [2.24, 2.45) is 50.2 Å². The van der Waals surface area contributed by atoms with Gasteiger partial charge in [0.1, 0.15) is 6.10 Å². The molecule has 202 valence electrons. The van der Waals surface area contributed by atoms with Gasteiger partial charge in [-0.05, 0) is 104 Å². The summed E-state index contributed by atoms with van der Waals surface area (Å²) in [7, 11) is 0. The number of carboxylic acids is 1. The van der Waals surface area contributed by atoms with Crippen LogP contribution in [0.15, 0.2) is 11.6 Å². The summed E-state index contributed by atoms with van der Waals surface area (Å²) < 4.78 is 5.87. The Morgan fingerprint density at radius 3 is 2.06 bits per heavy atom. The van der Waals surface area contributed by atoms with Crippen molar-refractivity contribution in [2.75, 3.05) is 0 Å². The van der Waals surface area contributed by atoms with E-state index in [4.69, 9.17) is 4.74 Å². The highest BCUT2D eigenvalue weighted by Crippen LogP contribution is 2.75. The number of carboxylic acid groups (broad SMARTS) is 1. The fourth-order valence-corrected chi connectivity index (χ4v) is 11.3. The van der Waals surface area contributed by atoms with Crippen molar-refractivity contribution in [3.8, 4) is 0 Å². The van der Waals surface area contributed by atoms with Crippen molar-refractivity contribution in [1.29, 1.82) is 0 Å². The lowest BCUT2D eigenvalue weighted by Crippen LogP contribution is -2.64. The monoisotopic (exact) mass is 498 g/mol. The molecule has 4 nitrogen and oxygen atoms in total. The molecule has 5 aliphatic carbocycles. The Labute approximate surface area is 219 Å². The van der Waals surface area contributed by atoms with Gasteiger partial charge in [0.2, 0.25) is 0 Å². The zero-order chi connectivity index (χ0) is 26.5. The molecule has 8 atom stereocenters. The normalized spacial score (nSPS) is 48.8. The fourth-order valence-electron chi connectivity index (χ4n) is 11.3. The summed E-state index contributed by atoms with van der Waals surface area (Å²) in [4.78, 5) is 24.7. The van der Waals surface area contributed by atoms with Crippen molar-refractivity contribution in [3.63, 3.8) is 0 Å². The molecule has 5 aliphatic rings. The van der Waals surface area contributed by atoms with Crippen LogP contribution < -0.4 is 0 Å². The summed E-state index contributed by atoms with van der Waals surface area (Å²) in [5.41, 5.74) is 1.47. The highest BCUT2D eigenvalue weighted by Gasteiger charge is 2.68. The molecular weight excluding hydrogens is 448 g/mol. The third-order valence-corrected chi connectivity index (χ3v) is 13.0. The molecule has 4 heteroatoms. The maximum atomic E-state index is 12.9. The van der Waals surface area contributed by atoms with Crippen LogP contribution in [0.1, 0.15) is 120 Å². The lowest BCUT2D eigenvalue weighted by Gasteiger charge is -2.70. The molecule has 36 heavy (non-hydrogen) atoms. The Kier molecular flexibility index (Phi) is 5.74. The predicted octanol–water partition coefficient (Wildman–Crippen LogP) is 7.80. The number of esters is 1. The minimum Gasteiger partial charge on any atom is -0.481 e. The van der Waals surface area contributed by atoms with Gasteiger partial charge in [-0.15, -0.1) is 0 Å². The molecule has 1 N–H and O–H groups in total. The van der Waals surface area contributed by atoms with Gasteiger partial charge in [0.25, 0.3) is 0 Å². The number of hydrogen-bond donors (Lipinski definition) is 1. The fraction of sp³-hybridized carbons (Fsp3) is 0.875. The second kappa shape index (κ2) is 7.85. The van der Waals surface area contributed by atoms with Gasteiger partial charge in [0.05, 0.1) is 5.41 Å². The SMILES string of the molecule is CC(=O)O[C@@H]1CC[C@]2(C)[C@H]3CC[C@]4(C)C(=CC[C@@]5(C(=O)O)CCC(C)(C)C[C@H]54)[C@]3(C)CC[C@H]2C1(C)C. The first-order valence-electron chi connectivity index (χ1n) is 14.6. The number of fused-ring (bicyclic) bond motifs is 7. The van der Waals surface area contributed by atoms with Crippen LogP contribution in [0.3, 0.4) is 0 Å². The third kappa shape index (κ3) is 3.37. The molecule has 0 aromatic heterocycles. The smallest absolute Gasteiger partial charge is 0.310 e. The van der Waals surface area contributed by atoms with Crippen LogP contribution in [0, 0.1) is 50.2 Å². The van der Waals surface area contributed by atoms with E-state index in [1.165, 1.54) is 6.42 Å². The van der Waals surface area contributed by atoms with Gasteiger partial charge >= 0.3 is 11.9 Å². The molecule has 0 aromatic carbocycles. The van der Waals surface area contributed by atoms with E-state index in [9.17, 15) is 14.7 Å². The predicted molar refractivity (Wildman–Crippen MR) is 142 cm³/mol. The largest absolute Gasteiger partial charge is 0.481 e. The molecule has 0 bridgehead atoms. The molecule has 4 fully saturated rings. The molecular formula is C32H50O4. The van der Waals surface area contributed by atoms with Gasteiger partial charge in [-0.25, -0.2) is 0 Å². The number of allylic oxidation sites excluding steroid dienone is 2. The molecule has 0 aromatic rings. The van der Waals surface area contributed by atoms with E-state index in [0.717, 1.165) is 51.4 Å². The summed E-state index contributed by atoms with van der Waals surface area (Å²) >= 11 is 0. The van der Waals surface area contributed by atoms with Crippen LogP contribution in [0.2, 0.25) is 0 Å². The van der Waals surface area contributed by atoms with Gasteiger partial charge in [-0.1, -0.05) is 60.1 Å². The molecule has 0 radical (unpaired) electrons. The maximum Gasteiger partial charge on any atom is 0.310 e. The Bertz CT molecular complexity index is 992. The second-order valence-electron chi connectivity index (χ2n) is 15.7. The summed E-state index contributed by atoms with van der Waals surface area (Å²) in [5, 5.41) is 10.6. The van der Waals surface area contributed by atoms with Gasteiger partial charge in [0, 0.05) is 12.3 Å². The van der Waals surface area contributed by atoms with Gasteiger partial charge < -0.3 is 9.84 Å². The number of ether oxygens (including phenoxy) is 1. The minimum absolute atomic E-state index is 0.000775. The highest BCUT2D eigenvalue weighted by molar-refractivity contribution is 5.76. The highest BCUT2D eigenvalue weighted by atomic mass is 16.5. The molecule has 0 amide bonds. The molecule has 5 rings (SSSR count). The first-order chi connectivity index (χ1) is 16.5. The topological polar surface area (TPSA) is 63.6 Å². The van der Waals surface area contributed by atoms with Gasteiger partial charge in [-0.3, -0.25) is 9.59 Å². The zero-order valence-electron chi connectivity index (χ0n) is 24.1. The van der Waals surface area contributed by atoms with E-state index in [1.54, 1.807) is 12.5 Å². The minimum atomic E-state index is -0.595. The molecule has 4 saturated carbocycles. The van der Waals surface area contributed by atoms with E-state index in [1.807, 2.05) is 0 Å². The Balaban J connectivity index is 1.54. The maximum absolute atomic E-state index is 12.9. The van der Waals surface area contributed by atoms with Gasteiger partial charge in [-0.2, -0.15) is 0 Å². The summed E-state index contributed by atoms with van der Waals surface area (Å²) in [6.45, 7) is 18.4. The lowest BCUT2D eigenvalue weighted by atomic mass is 9.34. The number of carbonyl (C=O) groups excluding carboxylic acids is 1. The van der Waals surface area contributed by atoms with Crippen molar-refractivity contribution >= 4 is 11.9 Å². The van der Waals surface area contributed by atoms with Gasteiger partial charge in [0.15, 0.2) is 0 Å². The van der Waals surface area contributed by atoms with Crippen LogP contribution in [-0.2, 0) is 14.3 Å². The van der Waals surface area contributed by atoms with Crippen LogP contribution in [0.4, 0.5) is 0 Å². The Morgan fingerprint density at radius 1 is 0.833 bits per heavy atom. The molecule has 0 heterocycles. The summed E-state index contributed by atoms with van der Waals surface area (Å²) in [6, 6.07) is 0. The third-order valence-electron chi connectivity index (χ3n) is 13.0. The van der Waals surface area contributed by atoms with E-state index in [0.29, 0.717) is 18.3 Å². The number of carbonyl (C=O) groups is 2. The average Bonchev–Trinajstić information content (AvgIpc) is 2.75. The van der Waals surface area contributed by atoms with Crippen molar-refractivity contribution in [2.45, 2.75) is 126 Å². The molecule has 0 saturated heterocycles. The molecule has 0 unspecified atom stereocenters. The van der Waals surface area contributed by atoms with E-state index in [2.05, 4.69) is 54.5 Å². The van der Waals surface area contributed by atoms with Crippen LogP contribution in [0.5, 0.6) is 0 Å². The van der Waals surface area contributed by atoms with Crippen LogP contribution in [0.25, 0.3) is 0 Å². The van der Waals surface area contributed by atoms with Crippen LogP contribution in [-0.4, -0.2) is 23.1 Å². The average molecular weight is 499 g/mol. The molecule has 0 aliphatic heterocycles. The number of aliphatic carboxylic acids is 1. The second-order valence-corrected chi connectivity index (χ2v) is 15.7. The Morgan fingerprint density at radius 2 is 1.44 bits per heavy atom. The van der Waals surface area contributed by atoms with Crippen LogP contribution >= 0.6 is 0 Å². The molecule has 0 spiro atoms. The van der Waals surface area contributed by atoms with E-state index in [-0.39, 0.29) is 45.1 Å². The number of hydrogen-bond acceptors (Lipinski definition) is 3. The first-order valence-corrected chi connectivity index (χ1v) is 14.6. The van der Waals surface area contributed by atoms with Crippen molar-refractivity contribution < 1.29 is 19.4 Å². The first kappa shape index (κ1) is 26.3. The van der Waals surface area contributed by atoms with E-state index < -0.39 is 11.4 Å². The standard InChI is InChI=1S/C32H50O4/c1-20(33)36-25-12-15-29(6)21(28(25,4)5)9-13-30(7)22(29)10-14-31(8)23(30)11-16-32(26(34)35)18-17-27(2,3)19-24(31)32/h11,21-22,24-25H,9-10,12-19H2,1-8H3,(H,34,35)/t21-,22+,24-,25+,29-,30+,31+,32+/m0/s1. The number of rotatable bonds is 2. The quantitative estimate of drug-likeness (QED) is 0.311. The van der Waals surface area contributed by atoms with Crippen molar-refractivity contribution in [3.05, 3.63) is 11.6 Å². The lowest BCUT2D eigenvalue weighted by molar-refractivity contribution is -0.200. The van der Waals surface area contributed by atoms with E-state index >= 15 is 0 Å². The van der Waals surface area contributed by atoms with Crippen molar-refractivity contribution in [1.82, 2.24) is 0 Å². The summed E-state index contributed by atoms with van der Waals surface area (Å²) in [5.74, 6) is 0.616.